The van der Waals surface area contributed by atoms with Crippen LogP contribution >= 0.6 is 0 Å². The molecule has 3 N–H and O–H groups in total. The van der Waals surface area contributed by atoms with Gasteiger partial charge in [0.05, 0.1) is 11.2 Å². The molecular formula is C15H15N3. The molecule has 0 radical (unpaired) electrons. The van der Waals surface area contributed by atoms with Crippen molar-refractivity contribution >= 4 is 10.9 Å². The van der Waals surface area contributed by atoms with Crippen LogP contribution in [0.5, 0.6) is 0 Å². The van der Waals surface area contributed by atoms with Gasteiger partial charge in [0.15, 0.2) is 0 Å². The molecule has 3 nitrogen and oxygen atoms in total. The van der Waals surface area contributed by atoms with E-state index in [9.17, 15) is 0 Å². The first-order chi connectivity index (χ1) is 8.88. The predicted octanol–water partition coefficient (Wildman–Crippen LogP) is 2.73. The molecule has 0 saturated heterocycles. The molecule has 3 rings (SSSR count). The monoisotopic (exact) mass is 237 g/mol. The molecule has 3 heteroatoms. The van der Waals surface area contributed by atoms with E-state index in [1.165, 1.54) is 5.56 Å². The lowest BCUT2D eigenvalue weighted by Gasteiger charge is -2.00. The van der Waals surface area contributed by atoms with E-state index in [1.54, 1.807) is 0 Å². The van der Waals surface area contributed by atoms with Gasteiger partial charge in [0.1, 0.15) is 0 Å². The first-order valence-electron chi connectivity index (χ1n) is 6.11. The second-order valence-corrected chi connectivity index (χ2v) is 4.36. The molecule has 0 aliphatic rings. The zero-order valence-electron chi connectivity index (χ0n) is 10.1. The first-order valence-corrected chi connectivity index (χ1v) is 6.11. The van der Waals surface area contributed by atoms with E-state index in [1.807, 2.05) is 18.2 Å². The summed E-state index contributed by atoms with van der Waals surface area (Å²) in [5.41, 5.74) is 10.0. The van der Waals surface area contributed by atoms with Crippen LogP contribution < -0.4 is 5.73 Å². The van der Waals surface area contributed by atoms with Gasteiger partial charge in [-0.3, -0.25) is 5.10 Å². The number of fused-ring (bicyclic) bond motifs is 1. The number of nitrogens with one attached hydrogen (secondary N) is 1. The zero-order valence-corrected chi connectivity index (χ0v) is 10.1. The molecule has 0 unspecified atom stereocenters. The summed E-state index contributed by atoms with van der Waals surface area (Å²) >= 11 is 0. The molecule has 0 aliphatic heterocycles. The maximum atomic E-state index is 5.58. The Bertz CT molecular complexity index is 656. The maximum Gasteiger partial charge on any atom is 0.0999 e. The number of hydrogen-bond acceptors (Lipinski definition) is 2. The van der Waals surface area contributed by atoms with Crippen molar-refractivity contribution in [3.05, 3.63) is 54.1 Å². The van der Waals surface area contributed by atoms with Crippen LogP contribution in [0, 0.1) is 0 Å². The van der Waals surface area contributed by atoms with E-state index in [0.717, 1.165) is 28.6 Å². The number of aromatic amines is 1. The highest BCUT2D eigenvalue weighted by atomic mass is 15.1. The highest BCUT2D eigenvalue weighted by molar-refractivity contribution is 5.93. The molecule has 2 aromatic carbocycles. The summed E-state index contributed by atoms with van der Waals surface area (Å²) in [6, 6.07) is 16.6. The highest BCUT2D eigenvalue weighted by Gasteiger charge is 2.07. The number of aromatic nitrogens is 2. The summed E-state index contributed by atoms with van der Waals surface area (Å²) in [6.45, 7) is 0.672. The molecule has 0 fully saturated rings. The Morgan fingerprint density at radius 2 is 1.89 bits per heavy atom. The van der Waals surface area contributed by atoms with Crippen molar-refractivity contribution in [2.45, 2.75) is 6.42 Å². The molecule has 0 aliphatic carbocycles. The van der Waals surface area contributed by atoms with Crippen LogP contribution in [0.25, 0.3) is 22.2 Å². The summed E-state index contributed by atoms with van der Waals surface area (Å²) in [7, 11) is 0. The van der Waals surface area contributed by atoms with E-state index in [2.05, 4.69) is 40.5 Å². The van der Waals surface area contributed by atoms with E-state index in [-0.39, 0.29) is 0 Å². The smallest absolute Gasteiger partial charge is 0.0999 e. The Hall–Kier alpha value is -2.13. The lowest BCUT2D eigenvalue weighted by Crippen LogP contribution is -2.02. The number of nitrogens with zero attached hydrogens (tertiary/aromatic N) is 1. The predicted molar refractivity (Wildman–Crippen MR) is 74.3 cm³/mol. The van der Waals surface area contributed by atoms with Crippen molar-refractivity contribution < 1.29 is 0 Å². The van der Waals surface area contributed by atoms with E-state index in [0.29, 0.717) is 6.54 Å². The third-order valence-corrected chi connectivity index (χ3v) is 3.11. The summed E-state index contributed by atoms with van der Waals surface area (Å²) in [6.07, 6.45) is 0.898. The molecule has 18 heavy (non-hydrogen) atoms. The van der Waals surface area contributed by atoms with Crippen LogP contribution in [0.1, 0.15) is 5.56 Å². The van der Waals surface area contributed by atoms with Gasteiger partial charge in [0, 0.05) is 10.9 Å². The van der Waals surface area contributed by atoms with Gasteiger partial charge in [-0.2, -0.15) is 5.10 Å². The summed E-state index contributed by atoms with van der Waals surface area (Å²) in [4.78, 5) is 0. The quantitative estimate of drug-likeness (QED) is 0.736. The molecule has 1 heterocycles. The van der Waals surface area contributed by atoms with Crippen LogP contribution in [0.15, 0.2) is 48.5 Å². The molecule has 90 valence electrons. The van der Waals surface area contributed by atoms with Gasteiger partial charge in [0.25, 0.3) is 0 Å². The first kappa shape index (κ1) is 11.0. The van der Waals surface area contributed by atoms with Crippen molar-refractivity contribution in [1.29, 1.82) is 0 Å². The number of nitrogens with two attached hydrogens (primary N) is 1. The number of benzene rings is 2. The Balaban J connectivity index is 2.10. The SMILES string of the molecule is NCCc1ccc2c(-c3ccccc3)n[nH]c2c1. The molecule has 0 amide bonds. The third-order valence-electron chi connectivity index (χ3n) is 3.11. The summed E-state index contributed by atoms with van der Waals surface area (Å²) in [5.74, 6) is 0. The van der Waals surface area contributed by atoms with Gasteiger partial charge < -0.3 is 5.73 Å². The minimum Gasteiger partial charge on any atom is -0.330 e. The van der Waals surface area contributed by atoms with Crippen molar-refractivity contribution in [3.8, 4) is 11.3 Å². The van der Waals surface area contributed by atoms with Crippen LogP contribution in [0.3, 0.4) is 0 Å². The van der Waals surface area contributed by atoms with Crippen molar-refractivity contribution in [2.75, 3.05) is 6.54 Å². The fourth-order valence-electron chi connectivity index (χ4n) is 2.21. The van der Waals surface area contributed by atoms with Crippen molar-refractivity contribution in [2.24, 2.45) is 5.73 Å². The third kappa shape index (κ3) is 1.89. The van der Waals surface area contributed by atoms with E-state index >= 15 is 0 Å². The van der Waals surface area contributed by atoms with Crippen molar-refractivity contribution in [3.63, 3.8) is 0 Å². The van der Waals surface area contributed by atoms with Gasteiger partial charge in [0.2, 0.25) is 0 Å². The van der Waals surface area contributed by atoms with Crippen molar-refractivity contribution in [1.82, 2.24) is 10.2 Å². The lowest BCUT2D eigenvalue weighted by molar-refractivity contribution is 0.970. The molecule has 1 aromatic heterocycles. The minimum atomic E-state index is 0.672. The fourth-order valence-corrected chi connectivity index (χ4v) is 2.21. The standard InChI is InChI=1S/C15H15N3/c16-9-8-11-6-7-13-14(10-11)17-18-15(13)12-4-2-1-3-5-12/h1-7,10H,8-9,16H2,(H,17,18). The van der Waals surface area contributed by atoms with Gasteiger partial charge >= 0.3 is 0 Å². The Kier molecular flexibility index (Phi) is 2.82. The zero-order chi connectivity index (χ0) is 12.4. The van der Waals surface area contributed by atoms with E-state index < -0.39 is 0 Å². The average molecular weight is 237 g/mol. The molecule has 3 aromatic rings. The van der Waals surface area contributed by atoms with Gasteiger partial charge in [-0.1, -0.05) is 42.5 Å². The minimum absolute atomic E-state index is 0.672. The molecule has 0 atom stereocenters. The van der Waals surface area contributed by atoms with Crippen LogP contribution in [0.4, 0.5) is 0 Å². The molecule has 0 bridgehead atoms. The second-order valence-electron chi connectivity index (χ2n) is 4.36. The van der Waals surface area contributed by atoms with Gasteiger partial charge in [-0.25, -0.2) is 0 Å². The van der Waals surface area contributed by atoms with Gasteiger partial charge in [-0.05, 0) is 24.6 Å². The molecular weight excluding hydrogens is 222 g/mol. The fraction of sp³-hybridized carbons (Fsp3) is 0.133. The summed E-state index contributed by atoms with van der Waals surface area (Å²) in [5, 5.41) is 8.66. The average Bonchev–Trinajstić information content (AvgIpc) is 2.83. The highest BCUT2D eigenvalue weighted by Crippen LogP contribution is 2.26. The maximum absolute atomic E-state index is 5.58. The van der Waals surface area contributed by atoms with Crippen LogP contribution in [-0.2, 0) is 6.42 Å². The second kappa shape index (κ2) is 4.63. The summed E-state index contributed by atoms with van der Waals surface area (Å²) < 4.78 is 0. The number of rotatable bonds is 3. The largest absolute Gasteiger partial charge is 0.330 e. The Morgan fingerprint density at radius 3 is 2.67 bits per heavy atom. The van der Waals surface area contributed by atoms with E-state index in [4.69, 9.17) is 5.73 Å². The number of H-pyrrole nitrogens is 1. The topological polar surface area (TPSA) is 54.7 Å². The number of hydrogen-bond donors (Lipinski definition) is 2. The Labute approximate surface area is 106 Å². The molecule has 0 spiro atoms. The van der Waals surface area contributed by atoms with Gasteiger partial charge in [-0.15, -0.1) is 0 Å². The van der Waals surface area contributed by atoms with Crippen LogP contribution in [-0.4, -0.2) is 16.7 Å². The normalized spacial score (nSPS) is 10.9. The Morgan fingerprint density at radius 1 is 1.06 bits per heavy atom. The van der Waals surface area contributed by atoms with Crippen LogP contribution in [0.2, 0.25) is 0 Å². The molecule has 0 saturated carbocycles. The lowest BCUT2D eigenvalue weighted by atomic mass is 10.1.